The Hall–Kier alpha value is -1.26. The van der Waals surface area contributed by atoms with E-state index in [0.717, 1.165) is 0 Å². The van der Waals surface area contributed by atoms with Crippen LogP contribution in [0, 0.1) is 5.92 Å². The lowest BCUT2D eigenvalue weighted by atomic mass is 10.0. The van der Waals surface area contributed by atoms with Crippen LogP contribution >= 0.6 is 11.6 Å². The third kappa shape index (κ3) is 3.61. The Bertz CT molecular complexity index is 407. The van der Waals surface area contributed by atoms with E-state index in [1.165, 1.54) is 0 Å². The molecule has 0 spiro atoms. The molecule has 1 amide bonds. The van der Waals surface area contributed by atoms with Gasteiger partial charge < -0.3 is 16.8 Å². The number of amides is 1. The fourth-order valence-electron chi connectivity index (χ4n) is 1.54. The predicted octanol–water partition coefficient (Wildman–Crippen LogP) is 1.83. The van der Waals surface area contributed by atoms with E-state index in [2.05, 4.69) is 19.2 Å². The maximum atomic E-state index is 11.3. The van der Waals surface area contributed by atoms with Gasteiger partial charge in [0.05, 0.1) is 5.56 Å². The molecule has 0 heterocycles. The van der Waals surface area contributed by atoms with Crippen LogP contribution in [0.25, 0.3) is 0 Å². The van der Waals surface area contributed by atoms with Crippen LogP contribution in [0.1, 0.15) is 24.2 Å². The molecule has 0 aliphatic carbocycles. The van der Waals surface area contributed by atoms with Crippen molar-refractivity contribution in [3.63, 3.8) is 0 Å². The Kier molecular flexibility index (Phi) is 4.78. The molecular formula is C12H18ClN3O. The lowest BCUT2D eigenvalue weighted by Crippen LogP contribution is -2.34. The Morgan fingerprint density at radius 1 is 1.47 bits per heavy atom. The minimum Gasteiger partial charge on any atom is -0.380 e. The van der Waals surface area contributed by atoms with Crippen LogP contribution < -0.4 is 16.8 Å². The highest BCUT2D eigenvalue weighted by Gasteiger charge is 2.15. The fourth-order valence-corrected chi connectivity index (χ4v) is 1.72. The molecule has 5 heteroatoms. The van der Waals surface area contributed by atoms with Crippen LogP contribution in [0.4, 0.5) is 5.69 Å². The highest BCUT2D eigenvalue weighted by atomic mass is 35.5. The van der Waals surface area contributed by atoms with Gasteiger partial charge in [-0.25, -0.2) is 0 Å². The summed E-state index contributed by atoms with van der Waals surface area (Å²) in [5.41, 5.74) is 12.0. The number of benzene rings is 1. The minimum absolute atomic E-state index is 0.0919. The number of carbonyl (C=O) groups excluding carboxylic acids is 1. The molecule has 0 aliphatic heterocycles. The van der Waals surface area contributed by atoms with Gasteiger partial charge in [0.1, 0.15) is 0 Å². The van der Waals surface area contributed by atoms with Crippen molar-refractivity contribution >= 4 is 23.2 Å². The second-order valence-electron chi connectivity index (χ2n) is 4.28. The van der Waals surface area contributed by atoms with Crippen LogP contribution in [-0.4, -0.2) is 18.5 Å². The fraction of sp³-hybridized carbons (Fsp3) is 0.417. The van der Waals surface area contributed by atoms with E-state index in [0.29, 0.717) is 28.7 Å². The topological polar surface area (TPSA) is 81.1 Å². The number of hydrogen-bond donors (Lipinski definition) is 3. The van der Waals surface area contributed by atoms with Gasteiger partial charge in [-0.05, 0) is 24.1 Å². The van der Waals surface area contributed by atoms with Crippen LogP contribution in [0.3, 0.4) is 0 Å². The largest absolute Gasteiger partial charge is 0.380 e. The van der Waals surface area contributed by atoms with E-state index in [1.807, 2.05) is 0 Å². The van der Waals surface area contributed by atoms with E-state index < -0.39 is 5.91 Å². The van der Waals surface area contributed by atoms with Gasteiger partial charge in [0.25, 0.3) is 5.91 Å². The molecule has 94 valence electrons. The molecule has 1 rings (SSSR count). The maximum absolute atomic E-state index is 11.3. The number of carbonyl (C=O) groups is 1. The Labute approximate surface area is 106 Å². The smallest absolute Gasteiger partial charge is 0.250 e. The second-order valence-corrected chi connectivity index (χ2v) is 4.72. The molecule has 17 heavy (non-hydrogen) atoms. The molecule has 0 saturated heterocycles. The predicted molar refractivity (Wildman–Crippen MR) is 71.3 cm³/mol. The number of rotatable bonds is 5. The zero-order valence-corrected chi connectivity index (χ0v) is 10.8. The molecule has 1 aromatic carbocycles. The Morgan fingerprint density at radius 2 is 2.12 bits per heavy atom. The van der Waals surface area contributed by atoms with Gasteiger partial charge in [-0.1, -0.05) is 25.4 Å². The number of hydrogen-bond acceptors (Lipinski definition) is 3. The van der Waals surface area contributed by atoms with Crippen molar-refractivity contribution in [2.45, 2.75) is 19.9 Å². The van der Waals surface area contributed by atoms with Crippen molar-refractivity contribution in [2.75, 3.05) is 11.9 Å². The minimum atomic E-state index is -0.505. The molecule has 0 fully saturated rings. The van der Waals surface area contributed by atoms with Gasteiger partial charge in [0, 0.05) is 23.3 Å². The molecule has 0 aliphatic rings. The molecule has 1 atom stereocenters. The number of primary amides is 1. The lowest BCUT2D eigenvalue weighted by molar-refractivity contribution is 0.100. The molecule has 0 saturated carbocycles. The van der Waals surface area contributed by atoms with E-state index in [1.54, 1.807) is 18.2 Å². The number of nitrogens with one attached hydrogen (secondary N) is 1. The number of halogens is 1. The summed E-state index contributed by atoms with van der Waals surface area (Å²) in [4.78, 5) is 11.3. The first kappa shape index (κ1) is 13.8. The molecule has 1 unspecified atom stereocenters. The summed E-state index contributed by atoms with van der Waals surface area (Å²) >= 11 is 5.83. The summed E-state index contributed by atoms with van der Waals surface area (Å²) in [5, 5.41) is 3.71. The first-order valence-electron chi connectivity index (χ1n) is 5.51. The summed E-state index contributed by atoms with van der Waals surface area (Å²) in [6.45, 7) is 4.60. The molecular weight excluding hydrogens is 238 g/mol. The van der Waals surface area contributed by atoms with Crippen LogP contribution in [-0.2, 0) is 0 Å². The third-order valence-corrected chi connectivity index (χ3v) is 2.88. The zero-order chi connectivity index (χ0) is 13.0. The normalized spacial score (nSPS) is 12.5. The molecule has 5 N–H and O–H groups in total. The number of nitrogens with two attached hydrogens (primary N) is 2. The maximum Gasteiger partial charge on any atom is 0.250 e. The van der Waals surface area contributed by atoms with Crippen molar-refractivity contribution in [1.82, 2.24) is 0 Å². The SMILES string of the molecule is CC(C)C(CN)Nc1ccc(Cl)cc1C(N)=O. The molecule has 0 aromatic heterocycles. The standard InChI is InChI=1S/C12H18ClN3O/c1-7(2)11(6-14)16-10-4-3-8(13)5-9(10)12(15)17/h3-5,7,11,16H,6,14H2,1-2H3,(H2,15,17). The van der Waals surface area contributed by atoms with Gasteiger partial charge in [-0.15, -0.1) is 0 Å². The highest BCUT2D eigenvalue weighted by Crippen LogP contribution is 2.22. The van der Waals surface area contributed by atoms with Crippen LogP contribution in [0.2, 0.25) is 5.02 Å². The van der Waals surface area contributed by atoms with Crippen molar-refractivity contribution in [2.24, 2.45) is 17.4 Å². The average molecular weight is 256 g/mol. The first-order valence-corrected chi connectivity index (χ1v) is 5.89. The second kappa shape index (κ2) is 5.89. The monoisotopic (exact) mass is 255 g/mol. The molecule has 0 radical (unpaired) electrons. The first-order chi connectivity index (χ1) is 7.95. The summed E-state index contributed by atoms with van der Waals surface area (Å²) < 4.78 is 0. The quantitative estimate of drug-likeness (QED) is 0.751. The summed E-state index contributed by atoms with van der Waals surface area (Å²) in [6.07, 6.45) is 0. The average Bonchev–Trinajstić information content (AvgIpc) is 2.26. The molecule has 0 bridgehead atoms. The van der Waals surface area contributed by atoms with Gasteiger partial charge in [0.15, 0.2) is 0 Å². The van der Waals surface area contributed by atoms with Crippen molar-refractivity contribution in [3.8, 4) is 0 Å². The summed E-state index contributed by atoms with van der Waals surface area (Å²) in [5.74, 6) is -0.147. The Morgan fingerprint density at radius 3 is 2.59 bits per heavy atom. The zero-order valence-electron chi connectivity index (χ0n) is 10.0. The molecule has 1 aromatic rings. The lowest BCUT2D eigenvalue weighted by Gasteiger charge is -2.23. The highest BCUT2D eigenvalue weighted by molar-refractivity contribution is 6.31. The van der Waals surface area contributed by atoms with Crippen molar-refractivity contribution in [3.05, 3.63) is 28.8 Å². The van der Waals surface area contributed by atoms with Crippen molar-refractivity contribution < 1.29 is 4.79 Å². The Balaban J connectivity index is 3.01. The van der Waals surface area contributed by atoms with Gasteiger partial charge >= 0.3 is 0 Å². The number of anilines is 1. The van der Waals surface area contributed by atoms with Crippen molar-refractivity contribution in [1.29, 1.82) is 0 Å². The third-order valence-electron chi connectivity index (χ3n) is 2.65. The summed E-state index contributed by atoms with van der Waals surface area (Å²) in [6, 6.07) is 5.10. The molecule has 4 nitrogen and oxygen atoms in total. The summed E-state index contributed by atoms with van der Waals surface area (Å²) in [7, 11) is 0. The van der Waals surface area contributed by atoms with Crippen LogP contribution in [0.15, 0.2) is 18.2 Å². The van der Waals surface area contributed by atoms with Gasteiger partial charge in [-0.2, -0.15) is 0 Å². The van der Waals surface area contributed by atoms with E-state index in [4.69, 9.17) is 23.1 Å². The van der Waals surface area contributed by atoms with Gasteiger partial charge in [-0.3, -0.25) is 4.79 Å². The van der Waals surface area contributed by atoms with E-state index in [9.17, 15) is 4.79 Å². The van der Waals surface area contributed by atoms with E-state index in [-0.39, 0.29) is 6.04 Å². The van der Waals surface area contributed by atoms with E-state index >= 15 is 0 Å². The van der Waals surface area contributed by atoms with Crippen LogP contribution in [0.5, 0.6) is 0 Å². The van der Waals surface area contributed by atoms with Gasteiger partial charge in [0.2, 0.25) is 0 Å².